The van der Waals surface area contributed by atoms with E-state index in [1.807, 2.05) is 32.3 Å². The van der Waals surface area contributed by atoms with Gasteiger partial charge in [0.05, 0.1) is 23.3 Å². The van der Waals surface area contributed by atoms with E-state index in [1.54, 1.807) is 11.8 Å². The number of benzene rings is 1. The van der Waals surface area contributed by atoms with Crippen LogP contribution in [0.15, 0.2) is 28.9 Å². The number of rotatable bonds is 5. The van der Waals surface area contributed by atoms with Gasteiger partial charge in [0.15, 0.2) is 0 Å². The van der Waals surface area contributed by atoms with E-state index in [4.69, 9.17) is 10.6 Å². The molecule has 0 spiro atoms. The SMILES string of the molecule is COc1ccc(CC(NN)c2cn(C)nc2C)cc1Br. The van der Waals surface area contributed by atoms with Gasteiger partial charge in [0.2, 0.25) is 0 Å². The van der Waals surface area contributed by atoms with Crippen molar-refractivity contribution >= 4 is 15.9 Å². The molecule has 0 saturated carbocycles. The lowest BCUT2D eigenvalue weighted by Gasteiger charge is -2.16. The predicted molar refractivity (Wildman–Crippen MR) is 82.4 cm³/mol. The Morgan fingerprint density at radius 1 is 1.50 bits per heavy atom. The minimum Gasteiger partial charge on any atom is -0.496 e. The Bertz CT molecular complexity index is 597. The molecule has 5 nitrogen and oxygen atoms in total. The largest absolute Gasteiger partial charge is 0.496 e. The highest BCUT2D eigenvalue weighted by atomic mass is 79.9. The second-order valence-corrected chi connectivity index (χ2v) is 5.59. The number of halogens is 1. The van der Waals surface area contributed by atoms with Crippen molar-refractivity contribution in [2.75, 3.05) is 7.11 Å². The van der Waals surface area contributed by atoms with Gasteiger partial charge in [-0.3, -0.25) is 16.0 Å². The highest BCUT2D eigenvalue weighted by Gasteiger charge is 2.16. The number of aromatic nitrogens is 2. The standard InChI is InChI=1S/C14H19BrN4O/c1-9-11(8-19(2)18-9)13(17-16)7-10-4-5-14(20-3)12(15)6-10/h4-6,8,13,17H,7,16H2,1-3H3. The first-order valence-electron chi connectivity index (χ1n) is 6.33. The zero-order valence-electron chi connectivity index (χ0n) is 11.9. The van der Waals surface area contributed by atoms with E-state index in [-0.39, 0.29) is 6.04 Å². The first-order valence-corrected chi connectivity index (χ1v) is 7.13. The zero-order valence-corrected chi connectivity index (χ0v) is 13.4. The van der Waals surface area contributed by atoms with E-state index in [1.165, 1.54) is 5.56 Å². The number of aryl methyl sites for hydroxylation is 2. The van der Waals surface area contributed by atoms with Crippen LogP contribution in [0, 0.1) is 6.92 Å². The molecular weight excluding hydrogens is 320 g/mol. The van der Waals surface area contributed by atoms with Crippen LogP contribution in [0.1, 0.15) is 22.9 Å². The van der Waals surface area contributed by atoms with Gasteiger partial charge < -0.3 is 4.74 Å². The van der Waals surface area contributed by atoms with Crippen LogP contribution in [0.4, 0.5) is 0 Å². The summed E-state index contributed by atoms with van der Waals surface area (Å²) in [6.45, 7) is 1.99. The molecule has 6 heteroatoms. The molecule has 1 atom stereocenters. The molecule has 0 aliphatic heterocycles. The Kier molecular flexibility index (Phi) is 4.80. The molecule has 0 saturated heterocycles. The summed E-state index contributed by atoms with van der Waals surface area (Å²) in [5, 5.41) is 4.36. The molecule has 0 bridgehead atoms. The Morgan fingerprint density at radius 2 is 2.25 bits per heavy atom. The molecular formula is C14H19BrN4O. The van der Waals surface area contributed by atoms with Gasteiger partial charge in [-0.1, -0.05) is 6.07 Å². The minimum absolute atomic E-state index is 0.0315. The number of nitrogens with one attached hydrogen (secondary N) is 1. The third-order valence-electron chi connectivity index (χ3n) is 3.28. The van der Waals surface area contributed by atoms with E-state index in [0.29, 0.717) is 0 Å². The second kappa shape index (κ2) is 6.39. The molecule has 0 aliphatic carbocycles. The topological polar surface area (TPSA) is 65.1 Å². The number of ether oxygens (including phenoxy) is 1. The van der Waals surface area contributed by atoms with Crippen molar-refractivity contribution in [2.24, 2.45) is 12.9 Å². The molecule has 1 heterocycles. The molecule has 108 valence electrons. The van der Waals surface area contributed by atoms with Gasteiger partial charge in [0, 0.05) is 18.8 Å². The fraction of sp³-hybridized carbons (Fsp3) is 0.357. The first kappa shape index (κ1) is 15.0. The normalized spacial score (nSPS) is 12.4. The Balaban J connectivity index is 2.22. The number of methoxy groups -OCH3 is 1. The van der Waals surface area contributed by atoms with Gasteiger partial charge >= 0.3 is 0 Å². The summed E-state index contributed by atoms with van der Waals surface area (Å²) in [5.41, 5.74) is 6.14. The van der Waals surface area contributed by atoms with Crippen molar-refractivity contribution in [1.82, 2.24) is 15.2 Å². The maximum absolute atomic E-state index is 5.70. The van der Waals surface area contributed by atoms with Crippen molar-refractivity contribution in [3.05, 3.63) is 45.7 Å². The highest BCUT2D eigenvalue weighted by molar-refractivity contribution is 9.10. The summed E-state index contributed by atoms with van der Waals surface area (Å²) in [5.74, 6) is 6.52. The van der Waals surface area contributed by atoms with Gasteiger partial charge in [-0.15, -0.1) is 0 Å². The van der Waals surface area contributed by atoms with Crippen LogP contribution in [0.2, 0.25) is 0 Å². The molecule has 0 fully saturated rings. The summed E-state index contributed by atoms with van der Waals surface area (Å²) in [4.78, 5) is 0. The Labute approximate surface area is 127 Å². The number of hydrogen-bond donors (Lipinski definition) is 2. The quantitative estimate of drug-likeness (QED) is 0.648. The lowest BCUT2D eigenvalue weighted by molar-refractivity contribution is 0.412. The summed E-state index contributed by atoms with van der Waals surface area (Å²) >= 11 is 3.50. The molecule has 0 amide bonds. The van der Waals surface area contributed by atoms with E-state index in [2.05, 4.69) is 32.5 Å². The molecule has 1 aromatic heterocycles. The average Bonchev–Trinajstić information content (AvgIpc) is 2.75. The maximum atomic E-state index is 5.70. The molecule has 2 rings (SSSR count). The van der Waals surface area contributed by atoms with Crippen LogP contribution >= 0.6 is 15.9 Å². The fourth-order valence-corrected chi connectivity index (χ4v) is 2.88. The number of nitrogens with two attached hydrogens (primary N) is 1. The van der Waals surface area contributed by atoms with E-state index < -0.39 is 0 Å². The van der Waals surface area contributed by atoms with Crippen LogP contribution in [0.5, 0.6) is 5.75 Å². The van der Waals surface area contributed by atoms with Crippen LogP contribution in [0.3, 0.4) is 0 Å². The van der Waals surface area contributed by atoms with Crippen LogP contribution in [-0.4, -0.2) is 16.9 Å². The summed E-state index contributed by atoms with van der Waals surface area (Å²) in [6.07, 6.45) is 2.78. The smallest absolute Gasteiger partial charge is 0.133 e. The lowest BCUT2D eigenvalue weighted by Crippen LogP contribution is -2.29. The number of hydrogen-bond acceptors (Lipinski definition) is 4. The van der Waals surface area contributed by atoms with E-state index in [0.717, 1.165) is 27.9 Å². The van der Waals surface area contributed by atoms with E-state index in [9.17, 15) is 0 Å². The number of hydrazine groups is 1. The summed E-state index contributed by atoms with van der Waals surface area (Å²) < 4.78 is 7.98. The molecule has 1 unspecified atom stereocenters. The van der Waals surface area contributed by atoms with Crippen molar-refractivity contribution < 1.29 is 4.74 Å². The molecule has 2 aromatic rings. The fourth-order valence-electron chi connectivity index (χ4n) is 2.29. The van der Waals surface area contributed by atoms with Crippen molar-refractivity contribution in [2.45, 2.75) is 19.4 Å². The van der Waals surface area contributed by atoms with Crippen molar-refractivity contribution in [1.29, 1.82) is 0 Å². The van der Waals surface area contributed by atoms with Crippen LogP contribution in [0.25, 0.3) is 0 Å². The third-order valence-corrected chi connectivity index (χ3v) is 3.90. The van der Waals surface area contributed by atoms with Gasteiger partial charge in [-0.25, -0.2) is 0 Å². The van der Waals surface area contributed by atoms with Gasteiger partial charge in [0.1, 0.15) is 5.75 Å². The summed E-state index contributed by atoms with van der Waals surface area (Å²) in [7, 11) is 3.57. The maximum Gasteiger partial charge on any atom is 0.133 e. The molecule has 20 heavy (non-hydrogen) atoms. The van der Waals surface area contributed by atoms with Crippen LogP contribution in [-0.2, 0) is 13.5 Å². The second-order valence-electron chi connectivity index (χ2n) is 4.74. The first-order chi connectivity index (χ1) is 9.55. The van der Waals surface area contributed by atoms with Gasteiger partial charge in [-0.2, -0.15) is 5.10 Å². The highest BCUT2D eigenvalue weighted by Crippen LogP contribution is 2.28. The molecule has 0 radical (unpaired) electrons. The van der Waals surface area contributed by atoms with Gasteiger partial charge in [-0.05, 0) is 47.0 Å². The average molecular weight is 339 g/mol. The number of nitrogens with zero attached hydrogens (tertiary/aromatic N) is 2. The third kappa shape index (κ3) is 3.20. The van der Waals surface area contributed by atoms with Crippen LogP contribution < -0.4 is 16.0 Å². The molecule has 1 aromatic carbocycles. The summed E-state index contributed by atoms with van der Waals surface area (Å²) in [6, 6.07) is 6.07. The minimum atomic E-state index is 0.0315. The molecule has 3 N–H and O–H groups in total. The predicted octanol–water partition coefficient (Wildman–Crippen LogP) is 2.25. The lowest BCUT2D eigenvalue weighted by atomic mass is 10.00. The van der Waals surface area contributed by atoms with Gasteiger partial charge in [0.25, 0.3) is 0 Å². The Morgan fingerprint density at radius 3 is 2.75 bits per heavy atom. The van der Waals surface area contributed by atoms with Crippen molar-refractivity contribution in [3.63, 3.8) is 0 Å². The molecule has 0 aliphatic rings. The van der Waals surface area contributed by atoms with E-state index >= 15 is 0 Å². The van der Waals surface area contributed by atoms with Crippen molar-refractivity contribution in [3.8, 4) is 5.75 Å². The zero-order chi connectivity index (χ0) is 14.7. The monoisotopic (exact) mass is 338 g/mol. The Hall–Kier alpha value is -1.37.